The van der Waals surface area contributed by atoms with Crippen LogP contribution in [0.4, 0.5) is 0 Å². The molecule has 0 spiro atoms. The minimum Gasteiger partial charge on any atom is -0.497 e. The van der Waals surface area contributed by atoms with Crippen LogP contribution in [0.3, 0.4) is 0 Å². The Morgan fingerprint density at radius 3 is 2.61 bits per heavy atom. The highest BCUT2D eigenvalue weighted by atomic mass is 16.5. The van der Waals surface area contributed by atoms with Crippen LogP contribution in [0.25, 0.3) is 0 Å². The maximum atomic E-state index is 5.32. The number of nitrogens with zero attached hydrogens (tertiary/aromatic N) is 3. The second-order valence-corrected chi connectivity index (χ2v) is 7.40. The normalized spacial score (nSPS) is 20.8. The van der Waals surface area contributed by atoms with Crippen molar-refractivity contribution in [1.82, 2.24) is 20.1 Å². The molecule has 0 bridgehead atoms. The van der Waals surface area contributed by atoms with Crippen molar-refractivity contribution in [3.8, 4) is 5.75 Å². The fourth-order valence-electron chi connectivity index (χ4n) is 4.07. The summed E-state index contributed by atoms with van der Waals surface area (Å²) in [4.78, 5) is 6.86. The number of benzene rings is 1. The molecule has 0 aliphatic carbocycles. The third-order valence-electron chi connectivity index (χ3n) is 5.55. The van der Waals surface area contributed by atoms with Gasteiger partial charge in [0.05, 0.1) is 7.11 Å². The molecule has 0 saturated carbocycles. The molecule has 2 unspecified atom stereocenters. The summed E-state index contributed by atoms with van der Waals surface area (Å²) in [6, 6.07) is 13.0. The van der Waals surface area contributed by atoms with Crippen LogP contribution in [-0.4, -0.2) is 56.3 Å². The topological polar surface area (TPSA) is 53.8 Å². The van der Waals surface area contributed by atoms with Crippen molar-refractivity contribution in [2.75, 3.05) is 40.8 Å². The van der Waals surface area contributed by atoms with Gasteiger partial charge in [0.15, 0.2) is 5.96 Å². The Hall–Kier alpha value is -2.47. The van der Waals surface area contributed by atoms with Gasteiger partial charge in [0.1, 0.15) is 5.75 Å². The zero-order chi connectivity index (χ0) is 19.8. The molecule has 2 aromatic rings. The first-order chi connectivity index (χ1) is 13.7. The largest absolute Gasteiger partial charge is 0.497 e. The van der Waals surface area contributed by atoms with Crippen LogP contribution in [-0.2, 0) is 6.54 Å². The third kappa shape index (κ3) is 5.29. The molecular formula is C22H33N5O. The van der Waals surface area contributed by atoms with E-state index in [-0.39, 0.29) is 0 Å². The van der Waals surface area contributed by atoms with Crippen LogP contribution in [0.2, 0.25) is 0 Å². The molecule has 28 heavy (non-hydrogen) atoms. The Bertz CT molecular complexity index is 726. The Kier molecular flexibility index (Phi) is 7.37. The monoisotopic (exact) mass is 383 g/mol. The number of nitrogens with one attached hydrogen (secondary N) is 2. The quantitative estimate of drug-likeness (QED) is 0.570. The van der Waals surface area contributed by atoms with E-state index in [0.29, 0.717) is 12.0 Å². The number of aromatic nitrogens is 1. The van der Waals surface area contributed by atoms with Gasteiger partial charge in [-0.05, 0) is 62.2 Å². The maximum absolute atomic E-state index is 5.32. The van der Waals surface area contributed by atoms with Crippen molar-refractivity contribution >= 4 is 5.96 Å². The zero-order valence-electron chi connectivity index (χ0n) is 17.3. The van der Waals surface area contributed by atoms with E-state index in [4.69, 9.17) is 4.74 Å². The number of guanidine groups is 1. The first-order valence-corrected chi connectivity index (χ1v) is 10.1. The summed E-state index contributed by atoms with van der Waals surface area (Å²) in [5, 5.41) is 6.96. The molecule has 152 valence electrons. The van der Waals surface area contributed by atoms with E-state index in [9.17, 15) is 0 Å². The van der Waals surface area contributed by atoms with Crippen LogP contribution in [0.5, 0.6) is 5.75 Å². The Morgan fingerprint density at radius 1 is 1.18 bits per heavy atom. The van der Waals surface area contributed by atoms with Gasteiger partial charge in [-0.15, -0.1) is 0 Å². The predicted octanol–water partition coefficient (Wildman–Crippen LogP) is 2.74. The SMILES string of the molecule is CN=C(NCCn1cccc1)NCC1CCCN(C)C1c1ccc(OC)cc1. The van der Waals surface area contributed by atoms with E-state index < -0.39 is 0 Å². The predicted molar refractivity (Wildman–Crippen MR) is 115 cm³/mol. The lowest BCUT2D eigenvalue weighted by Crippen LogP contribution is -2.45. The average molecular weight is 384 g/mol. The summed E-state index contributed by atoms with van der Waals surface area (Å²) in [6.45, 7) is 3.82. The Morgan fingerprint density at radius 2 is 1.93 bits per heavy atom. The molecule has 1 saturated heterocycles. The molecule has 1 fully saturated rings. The van der Waals surface area contributed by atoms with Gasteiger partial charge in [-0.3, -0.25) is 9.89 Å². The molecule has 2 heterocycles. The number of hydrogen-bond donors (Lipinski definition) is 2. The van der Waals surface area contributed by atoms with Crippen molar-refractivity contribution in [3.63, 3.8) is 0 Å². The van der Waals surface area contributed by atoms with Gasteiger partial charge in [-0.25, -0.2) is 0 Å². The van der Waals surface area contributed by atoms with Crippen molar-refractivity contribution in [2.45, 2.75) is 25.4 Å². The molecule has 1 aliphatic heterocycles. The lowest BCUT2D eigenvalue weighted by Gasteiger charge is -2.40. The summed E-state index contributed by atoms with van der Waals surface area (Å²) in [7, 11) is 5.77. The molecule has 2 atom stereocenters. The van der Waals surface area contributed by atoms with Crippen LogP contribution in [0.1, 0.15) is 24.4 Å². The van der Waals surface area contributed by atoms with Gasteiger partial charge < -0.3 is 19.9 Å². The lowest BCUT2D eigenvalue weighted by atomic mass is 9.85. The van der Waals surface area contributed by atoms with Gasteiger partial charge in [0.2, 0.25) is 0 Å². The van der Waals surface area contributed by atoms with E-state index in [2.05, 4.69) is 68.8 Å². The van der Waals surface area contributed by atoms with Crippen LogP contribution >= 0.6 is 0 Å². The maximum Gasteiger partial charge on any atom is 0.191 e. The number of hydrogen-bond acceptors (Lipinski definition) is 3. The number of likely N-dealkylation sites (tertiary alicyclic amines) is 1. The van der Waals surface area contributed by atoms with E-state index in [1.54, 1.807) is 7.11 Å². The van der Waals surface area contributed by atoms with Gasteiger partial charge >= 0.3 is 0 Å². The number of methoxy groups -OCH3 is 1. The highest BCUT2D eigenvalue weighted by molar-refractivity contribution is 5.79. The summed E-state index contributed by atoms with van der Waals surface area (Å²) < 4.78 is 7.48. The lowest BCUT2D eigenvalue weighted by molar-refractivity contribution is 0.122. The number of piperidine rings is 1. The van der Waals surface area contributed by atoms with Gasteiger partial charge in [0.25, 0.3) is 0 Å². The minimum absolute atomic E-state index is 0.408. The number of rotatable bonds is 7. The molecule has 1 aromatic carbocycles. The van der Waals surface area contributed by atoms with Gasteiger partial charge in [-0.1, -0.05) is 12.1 Å². The highest BCUT2D eigenvalue weighted by Crippen LogP contribution is 2.35. The average Bonchev–Trinajstić information content (AvgIpc) is 3.24. The van der Waals surface area contributed by atoms with Crippen molar-refractivity contribution < 1.29 is 4.74 Å². The highest BCUT2D eigenvalue weighted by Gasteiger charge is 2.30. The molecule has 0 radical (unpaired) electrons. The Balaban J connectivity index is 1.56. The smallest absolute Gasteiger partial charge is 0.191 e. The summed E-state index contributed by atoms with van der Waals surface area (Å²) in [5.41, 5.74) is 1.35. The van der Waals surface area contributed by atoms with Crippen molar-refractivity contribution in [2.24, 2.45) is 10.9 Å². The number of aliphatic imine (C=N–C) groups is 1. The summed E-state index contributed by atoms with van der Waals surface area (Å²) in [5.74, 6) is 2.31. The molecular weight excluding hydrogens is 350 g/mol. The zero-order valence-corrected chi connectivity index (χ0v) is 17.3. The first kappa shape index (κ1) is 20.3. The van der Waals surface area contributed by atoms with Crippen LogP contribution < -0.4 is 15.4 Å². The second kappa shape index (κ2) is 10.2. The minimum atomic E-state index is 0.408. The molecule has 0 amide bonds. The Labute approximate surface area is 168 Å². The molecule has 2 N–H and O–H groups in total. The fourth-order valence-corrected chi connectivity index (χ4v) is 4.07. The summed E-state index contributed by atoms with van der Waals surface area (Å²) in [6.07, 6.45) is 6.61. The fraction of sp³-hybridized carbons (Fsp3) is 0.500. The molecule has 6 nitrogen and oxygen atoms in total. The number of ether oxygens (including phenoxy) is 1. The van der Waals surface area contributed by atoms with E-state index >= 15 is 0 Å². The van der Waals surface area contributed by atoms with Crippen LogP contribution in [0, 0.1) is 5.92 Å². The molecule has 6 heteroatoms. The molecule has 3 rings (SSSR count). The van der Waals surface area contributed by atoms with E-state index in [1.807, 2.05) is 19.2 Å². The van der Waals surface area contributed by atoms with Gasteiger partial charge in [0, 0.05) is 45.1 Å². The van der Waals surface area contributed by atoms with Crippen LogP contribution in [0.15, 0.2) is 53.8 Å². The van der Waals surface area contributed by atoms with Crippen molar-refractivity contribution in [3.05, 3.63) is 54.4 Å². The molecule has 1 aromatic heterocycles. The standard InChI is InChI=1S/C22H33N5O/c1-23-22(24-12-16-27-14-4-5-15-27)25-17-19-7-6-13-26(2)21(19)18-8-10-20(28-3)11-9-18/h4-5,8-11,14-15,19,21H,6-7,12-13,16-17H2,1-3H3,(H2,23,24,25). The van der Waals surface area contributed by atoms with Gasteiger partial charge in [-0.2, -0.15) is 0 Å². The summed E-state index contributed by atoms with van der Waals surface area (Å²) >= 11 is 0. The second-order valence-electron chi connectivity index (χ2n) is 7.40. The van der Waals surface area contributed by atoms with E-state index in [0.717, 1.165) is 37.9 Å². The molecule has 1 aliphatic rings. The first-order valence-electron chi connectivity index (χ1n) is 10.1. The van der Waals surface area contributed by atoms with Crippen molar-refractivity contribution in [1.29, 1.82) is 0 Å². The third-order valence-corrected chi connectivity index (χ3v) is 5.55. The van der Waals surface area contributed by atoms with E-state index in [1.165, 1.54) is 18.4 Å².